The van der Waals surface area contributed by atoms with Gasteiger partial charge in [0.15, 0.2) is 0 Å². The van der Waals surface area contributed by atoms with Gasteiger partial charge in [-0.2, -0.15) is 0 Å². The summed E-state index contributed by atoms with van der Waals surface area (Å²) in [5.74, 6) is 0. The Kier molecular flexibility index (Phi) is 4.15. The zero-order valence-corrected chi connectivity index (χ0v) is 12.5. The molecule has 1 aromatic heterocycles. The average molecular weight is 304 g/mol. The van der Waals surface area contributed by atoms with Gasteiger partial charge in [-0.05, 0) is 43.2 Å². The van der Waals surface area contributed by atoms with Crippen LogP contribution in [0.1, 0.15) is 18.9 Å². The molecule has 1 N–H and O–H groups in total. The average Bonchev–Trinajstić information content (AvgIpc) is 3.01. The summed E-state index contributed by atoms with van der Waals surface area (Å²) in [7, 11) is 0. The molecule has 2 aromatic rings. The summed E-state index contributed by atoms with van der Waals surface area (Å²) >= 11 is 5.92. The molecule has 5 heteroatoms. The lowest BCUT2D eigenvalue weighted by Crippen LogP contribution is -2.41. The minimum absolute atomic E-state index is 0.0526. The number of nitrogens with one attached hydrogen (secondary N) is 1. The molecule has 21 heavy (non-hydrogen) atoms. The van der Waals surface area contributed by atoms with Gasteiger partial charge in [-0.1, -0.05) is 17.7 Å². The van der Waals surface area contributed by atoms with Crippen LogP contribution < -0.4 is 5.32 Å². The number of likely N-dealkylation sites (tertiary alicyclic amines) is 1. The zero-order chi connectivity index (χ0) is 14.7. The molecule has 1 aromatic carbocycles. The van der Waals surface area contributed by atoms with E-state index >= 15 is 0 Å². The van der Waals surface area contributed by atoms with Gasteiger partial charge in [0, 0.05) is 42.2 Å². The quantitative estimate of drug-likeness (QED) is 0.894. The standard InChI is InChI=1S/C16H18ClN3O/c17-13-4-3-5-14(12-13)18-16(21)20-10-6-15(7-11-20)19-8-1-2-9-19/h1-5,8-9,12,15H,6-7,10-11H2,(H,18,21). The molecule has 2 heterocycles. The number of nitrogens with zero attached hydrogens (tertiary/aromatic N) is 2. The van der Waals surface area contributed by atoms with Crippen LogP contribution in [0.4, 0.5) is 10.5 Å². The van der Waals surface area contributed by atoms with Crippen LogP contribution in [0.3, 0.4) is 0 Å². The van der Waals surface area contributed by atoms with Crippen LogP contribution in [-0.2, 0) is 0 Å². The summed E-state index contributed by atoms with van der Waals surface area (Å²) < 4.78 is 2.23. The molecule has 1 aliphatic heterocycles. The Morgan fingerprint density at radius 1 is 1.14 bits per heavy atom. The predicted molar refractivity (Wildman–Crippen MR) is 84.7 cm³/mol. The first kappa shape index (κ1) is 14.0. The number of amides is 2. The molecule has 0 bridgehead atoms. The number of hydrogen-bond acceptors (Lipinski definition) is 1. The summed E-state index contributed by atoms with van der Waals surface area (Å²) in [5, 5.41) is 3.52. The van der Waals surface area contributed by atoms with Gasteiger partial charge in [0.2, 0.25) is 0 Å². The van der Waals surface area contributed by atoms with Gasteiger partial charge in [-0.3, -0.25) is 0 Å². The van der Waals surface area contributed by atoms with E-state index in [0.717, 1.165) is 31.6 Å². The van der Waals surface area contributed by atoms with Crippen molar-refractivity contribution in [3.63, 3.8) is 0 Å². The van der Waals surface area contributed by atoms with E-state index in [1.165, 1.54) is 0 Å². The fourth-order valence-electron chi connectivity index (χ4n) is 2.73. The van der Waals surface area contributed by atoms with E-state index in [2.05, 4.69) is 22.3 Å². The third kappa shape index (κ3) is 3.39. The maximum absolute atomic E-state index is 12.2. The van der Waals surface area contributed by atoms with Crippen molar-refractivity contribution < 1.29 is 4.79 Å². The van der Waals surface area contributed by atoms with Crippen molar-refractivity contribution >= 4 is 23.3 Å². The summed E-state index contributed by atoms with van der Waals surface area (Å²) in [5.41, 5.74) is 0.736. The predicted octanol–water partition coefficient (Wildman–Crippen LogP) is 4.01. The minimum atomic E-state index is -0.0526. The van der Waals surface area contributed by atoms with E-state index in [9.17, 15) is 4.79 Å². The maximum atomic E-state index is 12.2. The SMILES string of the molecule is O=C(Nc1cccc(Cl)c1)N1CCC(n2cccc2)CC1. The number of piperidine rings is 1. The number of urea groups is 1. The van der Waals surface area contributed by atoms with Crippen LogP contribution in [0.15, 0.2) is 48.8 Å². The Hall–Kier alpha value is -1.94. The van der Waals surface area contributed by atoms with Crippen LogP contribution in [0.2, 0.25) is 5.02 Å². The van der Waals surface area contributed by atoms with Crippen LogP contribution in [0, 0.1) is 0 Å². The van der Waals surface area contributed by atoms with Crippen LogP contribution in [0.25, 0.3) is 0 Å². The lowest BCUT2D eigenvalue weighted by Gasteiger charge is -2.32. The number of benzene rings is 1. The summed E-state index contributed by atoms with van der Waals surface area (Å²) in [4.78, 5) is 14.1. The molecule has 1 aliphatic rings. The van der Waals surface area contributed by atoms with E-state index in [0.29, 0.717) is 11.1 Å². The highest BCUT2D eigenvalue weighted by molar-refractivity contribution is 6.30. The molecule has 1 saturated heterocycles. The number of carbonyl (C=O) groups excluding carboxylic acids is 1. The first-order valence-electron chi connectivity index (χ1n) is 7.16. The first-order chi connectivity index (χ1) is 10.2. The highest BCUT2D eigenvalue weighted by Crippen LogP contribution is 2.23. The third-order valence-corrected chi connectivity index (χ3v) is 4.11. The molecular weight excluding hydrogens is 286 g/mol. The van der Waals surface area contributed by atoms with E-state index in [4.69, 9.17) is 11.6 Å². The molecule has 4 nitrogen and oxygen atoms in total. The fraction of sp³-hybridized carbons (Fsp3) is 0.312. The monoisotopic (exact) mass is 303 g/mol. The molecule has 0 saturated carbocycles. The number of rotatable bonds is 2. The Bertz CT molecular complexity index is 604. The molecule has 2 amide bonds. The van der Waals surface area contributed by atoms with Crippen molar-refractivity contribution in [1.29, 1.82) is 0 Å². The van der Waals surface area contributed by atoms with Gasteiger partial charge in [0.05, 0.1) is 0 Å². The van der Waals surface area contributed by atoms with Gasteiger partial charge in [0.1, 0.15) is 0 Å². The Morgan fingerprint density at radius 3 is 2.52 bits per heavy atom. The van der Waals surface area contributed by atoms with Gasteiger partial charge < -0.3 is 14.8 Å². The molecule has 0 unspecified atom stereocenters. The van der Waals surface area contributed by atoms with Crippen molar-refractivity contribution in [3.05, 3.63) is 53.8 Å². The van der Waals surface area contributed by atoms with Crippen molar-refractivity contribution in [2.45, 2.75) is 18.9 Å². The summed E-state index contributed by atoms with van der Waals surface area (Å²) in [6, 6.07) is 11.7. The Labute approximate surface area is 129 Å². The second-order valence-electron chi connectivity index (χ2n) is 5.29. The Balaban J connectivity index is 1.55. The lowest BCUT2D eigenvalue weighted by atomic mass is 10.1. The number of carbonyl (C=O) groups is 1. The van der Waals surface area contributed by atoms with Crippen molar-refractivity contribution in [2.75, 3.05) is 18.4 Å². The number of anilines is 1. The summed E-state index contributed by atoms with van der Waals surface area (Å²) in [6.45, 7) is 1.55. The first-order valence-corrected chi connectivity index (χ1v) is 7.54. The molecule has 0 atom stereocenters. The van der Waals surface area contributed by atoms with E-state index < -0.39 is 0 Å². The molecule has 1 fully saturated rings. The van der Waals surface area contributed by atoms with Gasteiger partial charge in [0.25, 0.3) is 0 Å². The fourth-order valence-corrected chi connectivity index (χ4v) is 2.92. The van der Waals surface area contributed by atoms with Crippen molar-refractivity contribution in [1.82, 2.24) is 9.47 Å². The smallest absolute Gasteiger partial charge is 0.321 e. The normalized spacial score (nSPS) is 16.0. The van der Waals surface area contributed by atoms with Crippen LogP contribution >= 0.6 is 11.6 Å². The Morgan fingerprint density at radius 2 is 1.86 bits per heavy atom. The van der Waals surface area contributed by atoms with Crippen LogP contribution in [-0.4, -0.2) is 28.6 Å². The minimum Gasteiger partial charge on any atom is -0.351 e. The third-order valence-electron chi connectivity index (χ3n) is 3.88. The van der Waals surface area contributed by atoms with E-state index in [1.807, 2.05) is 29.2 Å². The van der Waals surface area contributed by atoms with Gasteiger partial charge >= 0.3 is 6.03 Å². The van der Waals surface area contributed by atoms with E-state index in [1.54, 1.807) is 12.1 Å². The largest absolute Gasteiger partial charge is 0.351 e. The maximum Gasteiger partial charge on any atom is 0.321 e. The van der Waals surface area contributed by atoms with Gasteiger partial charge in [-0.15, -0.1) is 0 Å². The second-order valence-corrected chi connectivity index (χ2v) is 5.73. The lowest BCUT2D eigenvalue weighted by molar-refractivity contribution is 0.184. The topological polar surface area (TPSA) is 37.3 Å². The number of aromatic nitrogens is 1. The highest BCUT2D eigenvalue weighted by atomic mass is 35.5. The van der Waals surface area contributed by atoms with Crippen molar-refractivity contribution in [3.8, 4) is 0 Å². The molecule has 3 rings (SSSR count). The molecule has 110 valence electrons. The van der Waals surface area contributed by atoms with Crippen molar-refractivity contribution in [2.24, 2.45) is 0 Å². The second kappa shape index (κ2) is 6.22. The number of halogens is 1. The van der Waals surface area contributed by atoms with E-state index in [-0.39, 0.29) is 6.03 Å². The molecule has 0 radical (unpaired) electrons. The molecular formula is C16H18ClN3O. The highest BCUT2D eigenvalue weighted by Gasteiger charge is 2.23. The summed E-state index contributed by atoms with van der Waals surface area (Å²) in [6.07, 6.45) is 6.15. The zero-order valence-electron chi connectivity index (χ0n) is 11.7. The van der Waals surface area contributed by atoms with Crippen LogP contribution in [0.5, 0.6) is 0 Å². The number of hydrogen-bond donors (Lipinski definition) is 1. The molecule has 0 spiro atoms. The van der Waals surface area contributed by atoms with Gasteiger partial charge in [-0.25, -0.2) is 4.79 Å². The molecule has 0 aliphatic carbocycles.